The van der Waals surface area contributed by atoms with Crippen LogP contribution in [0.2, 0.25) is 5.28 Å². The average molecular weight is 716 g/mol. The average Bonchev–Trinajstić information content (AvgIpc) is 2.99. The SMILES string of the molecule is C=CS(=O)(=O)c1cccc(Nc2nc(Cl)nc(Nc3ccc(N=Nc4ccc5cc(S(=O)(=O)O)cc(S(=O)(=O)O)c5c4)c(C)c3)n2)c1. The molecule has 4 N–H and O–H groups in total. The minimum Gasteiger partial charge on any atom is -0.324 e. The number of hydrogen-bond donors (Lipinski definition) is 4. The Labute approximate surface area is 273 Å². The van der Waals surface area contributed by atoms with Crippen LogP contribution in [0.1, 0.15) is 5.56 Å². The Balaban J connectivity index is 1.37. The van der Waals surface area contributed by atoms with Crippen LogP contribution in [0.4, 0.5) is 34.6 Å². The number of benzene rings is 4. The van der Waals surface area contributed by atoms with Crippen LogP contribution in [0.3, 0.4) is 0 Å². The number of sulfone groups is 1. The van der Waals surface area contributed by atoms with Gasteiger partial charge in [-0.3, -0.25) is 9.11 Å². The molecule has 1 heterocycles. The lowest BCUT2D eigenvalue weighted by Crippen LogP contribution is -2.04. The van der Waals surface area contributed by atoms with E-state index in [1.54, 1.807) is 37.3 Å². The molecule has 0 unspecified atom stereocenters. The molecule has 0 aliphatic rings. The van der Waals surface area contributed by atoms with Crippen molar-refractivity contribution >= 4 is 87.1 Å². The van der Waals surface area contributed by atoms with Gasteiger partial charge in [-0.2, -0.15) is 42.0 Å². The summed E-state index contributed by atoms with van der Waals surface area (Å²) in [4.78, 5) is 11.0. The predicted molar refractivity (Wildman–Crippen MR) is 174 cm³/mol. The molecule has 0 aliphatic heterocycles. The minimum absolute atomic E-state index is 0.0291. The lowest BCUT2D eigenvalue weighted by Gasteiger charge is -2.10. The Morgan fingerprint density at radius 3 is 2.06 bits per heavy atom. The van der Waals surface area contributed by atoms with Gasteiger partial charge in [0.15, 0.2) is 9.84 Å². The van der Waals surface area contributed by atoms with Crippen molar-refractivity contribution in [2.75, 3.05) is 10.6 Å². The lowest BCUT2D eigenvalue weighted by atomic mass is 10.1. The number of nitrogens with zero attached hydrogens (tertiary/aromatic N) is 5. The van der Waals surface area contributed by atoms with E-state index >= 15 is 0 Å². The Morgan fingerprint density at radius 1 is 0.766 bits per heavy atom. The number of halogens is 1. The molecule has 0 radical (unpaired) electrons. The highest BCUT2D eigenvalue weighted by atomic mass is 35.5. The summed E-state index contributed by atoms with van der Waals surface area (Å²) in [6, 6.07) is 16.8. The van der Waals surface area contributed by atoms with Gasteiger partial charge in [-0.25, -0.2) is 8.42 Å². The third-order valence-electron chi connectivity index (χ3n) is 6.42. The number of aromatic nitrogens is 3. The van der Waals surface area contributed by atoms with E-state index in [2.05, 4.69) is 42.4 Å². The molecule has 0 amide bonds. The van der Waals surface area contributed by atoms with Gasteiger partial charge >= 0.3 is 0 Å². The van der Waals surface area contributed by atoms with Crippen molar-refractivity contribution in [1.82, 2.24) is 15.0 Å². The van der Waals surface area contributed by atoms with Gasteiger partial charge in [-0.1, -0.05) is 18.7 Å². The van der Waals surface area contributed by atoms with E-state index in [1.807, 2.05) is 0 Å². The van der Waals surface area contributed by atoms with Crippen molar-refractivity contribution in [3.05, 3.63) is 95.6 Å². The Kier molecular flexibility index (Phi) is 9.09. The zero-order valence-electron chi connectivity index (χ0n) is 23.9. The zero-order valence-corrected chi connectivity index (χ0v) is 27.1. The van der Waals surface area contributed by atoms with E-state index in [9.17, 15) is 34.4 Å². The van der Waals surface area contributed by atoms with Crippen molar-refractivity contribution in [3.63, 3.8) is 0 Å². The van der Waals surface area contributed by atoms with Crippen molar-refractivity contribution in [2.24, 2.45) is 10.2 Å². The molecule has 19 heteroatoms. The smallest absolute Gasteiger partial charge is 0.295 e. The second kappa shape index (κ2) is 12.7. The number of aryl methyl sites for hydroxylation is 1. The minimum atomic E-state index is -4.87. The molecule has 1 aromatic heterocycles. The summed E-state index contributed by atoms with van der Waals surface area (Å²) in [7, 11) is -13.3. The van der Waals surface area contributed by atoms with E-state index in [0.717, 1.165) is 11.5 Å². The molecular formula is C28H22ClN7O8S3. The van der Waals surface area contributed by atoms with Gasteiger partial charge < -0.3 is 10.6 Å². The maximum Gasteiger partial charge on any atom is 0.295 e. The van der Waals surface area contributed by atoms with Crippen LogP contribution >= 0.6 is 11.6 Å². The van der Waals surface area contributed by atoms with Gasteiger partial charge in [0.05, 0.1) is 21.2 Å². The highest BCUT2D eigenvalue weighted by Crippen LogP contribution is 2.32. The van der Waals surface area contributed by atoms with Gasteiger partial charge in [-0.05, 0) is 90.1 Å². The summed E-state index contributed by atoms with van der Waals surface area (Å²) in [6.45, 7) is 5.08. The molecule has 47 heavy (non-hydrogen) atoms. The highest BCUT2D eigenvalue weighted by molar-refractivity contribution is 7.94. The Morgan fingerprint density at radius 2 is 1.45 bits per heavy atom. The Bertz CT molecular complexity index is 2440. The third kappa shape index (κ3) is 7.94. The van der Waals surface area contributed by atoms with Crippen LogP contribution in [0.5, 0.6) is 0 Å². The first-order valence-corrected chi connectivity index (χ1v) is 17.8. The van der Waals surface area contributed by atoms with Gasteiger partial charge in [-0.15, -0.1) is 0 Å². The number of anilines is 4. The summed E-state index contributed by atoms with van der Waals surface area (Å²) < 4.78 is 90.4. The van der Waals surface area contributed by atoms with E-state index < -0.39 is 39.9 Å². The molecule has 0 fully saturated rings. The quantitative estimate of drug-likeness (QED) is 0.0920. The second-order valence-corrected chi connectivity index (χ2v) is 14.8. The number of nitrogens with one attached hydrogen (secondary N) is 2. The van der Waals surface area contributed by atoms with Gasteiger partial charge in [0, 0.05) is 22.2 Å². The zero-order chi connectivity index (χ0) is 34.1. The fourth-order valence-corrected chi connectivity index (χ4v) is 6.49. The molecule has 0 saturated heterocycles. The summed E-state index contributed by atoms with van der Waals surface area (Å²) >= 11 is 6.10. The first-order valence-electron chi connectivity index (χ1n) is 13.0. The number of rotatable bonds is 10. The summed E-state index contributed by atoms with van der Waals surface area (Å²) in [5.41, 5.74) is 2.23. The summed E-state index contributed by atoms with van der Waals surface area (Å²) in [6.07, 6.45) is 0. The van der Waals surface area contributed by atoms with Crippen LogP contribution in [-0.2, 0) is 30.1 Å². The molecule has 4 aromatic carbocycles. The topological polar surface area (TPSA) is 230 Å². The van der Waals surface area contributed by atoms with Crippen molar-refractivity contribution in [1.29, 1.82) is 0 Å². The van der Waals surface area contributed by atoms with Crippen LogP contribution in [0.25, 0.3) is 10.8 Å². The van der Waals surface area contributed by atoms with Crippen LogP contribution in [-0.4, -0.2) is 49.3 Å². The molecule has 0 spiro atoms. The highest BCUT2D eigenvalue weighted by Gasteiger charge is 2.21. The van der Waals surface area contributed by atoms with Crippen molar-refractivity contribution in [3.8, 4) is 0 Å². The van der Waals surface area contributed by atoms with Crippen LogP contribution in [0.15, 0.2) is 110 Å². The van der Waals surface area contributed by atoms with E-state index in [1.165, 1.54) is 30.3 Å². The van der Waals surface area contributed by atoms with Crippen molar-refractivity contribution < 1.29 is 34.4 Å². The standard InChI is InChI=1S/C28H22ClN7O8S3/c1-3-45(37,38)21-6-4-5-18(13-21)30-27-32-26(29)33-28(34-27)31-19-9-10-24(16(2)11-19)36-35-20-8-7-17-12-22(46(39,40)41)15-25(23(17)14-20)47(42,43)44/h3-15H,1H2,2H3,(H,39,40,41)(H,42,43,44)(H2,30,31,32,33,34). The van der Waals surface area contributed by atoms with E-state index in [-0.39, 0.29) is 38.5 Å². The van der Waals surface area contributed by atoms with E-state index in [4.69, 9.17) is 11.6 Å². The molecule has 0 aliphatic carbocycles. The number of hydrogen-bond acceptors (Lipinski definition) is 13. The van der Waals surface area contributed by atoms with E-state index in [0.29, 0.717) is 28.7 Å². The molecule has 5 rings (SSSR count). The van der Waals surface area contributed by atoms with Crippen molar-refractivity contribution in [2.45, 2.75) is 21.6 Å². The van der Waals surface area contributed by atoms with Gasteiger partial charge in [0.25, 0.3) is 20.2 Å². The summed E-state index contributed by atoms with van der Waals surface area (Å²) in [5, 5.41) is 15.0. The molecule has 5 aromatic rings. The number of fused-ring (bicyclic) bond motifs is 1. The maximum absolute atomic E-state index is 12.1. The predicted octanol–water partition coefficient (Wildman–Crippen LogP) is 6.30. The largest absolute Gasteiger partial charge is 0.324 e. The van der Waals surface area contributed by atoms with Gasteiger partial charge in [0.1, 0.15) is 4.90 Å². The molecular weight excluding hydrogens is 694 g/mol. The molecule has 15 nitrogen and oxygen atoms in total. The van der Waals surface area contributed by atoms with Gasteiger partial charge in [0.2, 0.25) is 17.2 Å². The molecule has 242 valence electrons. The fourth-order valence-electron chi connectivity index (χ4n) is 4.23. The monoisotopic (exact) mass is 715 g/mol. The normalized spacial score (nSPS) is 12.3. The first kappa shape index (κ1) is 33.5. The number of azo groups is 1. The lowest BCUT2D eigenvalue weighted by molar-refractivity contribution is 0.482. The van der Waals surface area contributed by atoms with Crippen LogP contribution < -0.4 is 10.6 Å². The second-order valence-electron chi connectivity index (χ2n) is 9.72. The first-order chi connectivity index (χ1) is 22.0. The summed E-state index contributed by atoms with van der Waals surface area (Å²) in [5.74, 6) is 0.128. The third-order valence-corrected chi connectivity index (χ3v) is 9.67. The maximum atomic E-state index is 12.1. The molecule has 0 bridgehead atoms. The molecule has 0 atom stereocenters. The van der Waals surface area contributed by atoms with Crippen LogP contribution in [0, 0.1) is 6.92 Å². The Hall–Kier alpha value is -4.85. The fraction of sp³-hybridized carbons (Fsp3) is 0.0357. The molecule has 0 saturated carbocycles.